The Morgan fingerprint density at radius 3 is 2.71 bits per heavy atom. The second-order valence-corrected chi connectivity index (χ2v) is 5.57. The van der Waals surface area contributed by atoms with Crippen LogP contribution in [0.15, 0.2) is 24.3 Å². The molecule has 92 valence electrons. The molecule has 0 unspecified atom stereocenters. The van der Waals surface area contributed by atoms with Crippen molar-refractivity contribution in [3.63, 3.8) is 0 Å². The molecule has 2 nitrogen and oxygen atoms in total. The number of aryl methyl sites for hydroxylation is 1. The molecule has 0 saturated heterocycles. The van der Waals surface area contributed by atoms with Gasteiger partial charge in [0, 0.05) is 0 Å². The van der Waals surface area contributed by atoms with E-state index < -0.39 is 0 Å². The van der Waals surface area contributed by atoms with Gasteiger partial charge in [0.05, 0.1) is 0 Å². The van der Waals surface area contributed by atoms with Crippen LogP contribution in [0, 0.1) is 5.92 Å². The van der Waals surface area contributed by atoms with Crippen LogP contribution in [0.3, 0.4) is 0 Å². The first-order valence-corrected chi connectivity index (χ1v) is 6.78. The fourth-order valence-corrected chi connectivity index (χ4v) is 3.25. The topological polar surface area (TPSA) is 35.2 Å². The molecule has 3 rings (SSSR count). The molecule has 0 radical (unpaired) electrons. The van der Waals surface area contributed by atoms with Crippen LogP contribution in [0.25, 0.3) is 0 Å². The molecule has 1 aromatic carbocycles. The Labute approximate surface area is 103 Å². The first-order valence-electron chi connectivity index (χ1n) is 6.78. The maximum atomic E-state index is 6.31. The van der Waals surface area contributed by atoms with Crippen molar-refractivity contribution in [3.05, 3.63) is 29.8 Å². The van der Waals surface area contributed by atoms with E-state index in [2.05, 4.69) is 24.3 Å². The Morgan fingerprint density at radius 2 is 1.94 bits per heavy atom. The van der Waals surface area contributed by atoms with Crippen molar-refractivity contribution in [1.29, 1.82) is 0 Å². The van der Waals surface area contributed by atoms with E-state index in [1.54, 1.807) is 0 Å². The standard InChI is InChI=1S/C15H21NO/c16-11-12-5-8-15(9-6-12)10-7-13-3-1-2-4-14(13)17-15/h1-4,12H,5-11,16H2. The minimum absolute atomic E-state index is 0.125. The molecule has 2 aliphatic rings. The SMILES string of the molecule is NCC1CCC2(CCc3ccccc3O2)CC1. The molecular weight excluding hydrogens is 210 g/mol. The number of rotatable bonds is 1. The summed E-state index contributed by atoms with van der Waals surface area (Å²) < 4.78 is 6.31. The van der Waals surface area contributed by atoms with Gasteiger partial charge in [0.2, 0.25) is 0 Å². The predicted molar refractivity (Wildman–Crippen MR) is 69.1 cm³/mol. The molecular formula is C15H21NO. The summed E-state index contributed by atoms with van der Waals surface area (Å²) in [4.78, 5) is 0. The highest BCUT2D eigenvalue weighted by Crippen LogP contribution is 2.42. The maximum Gasteiger partial charge on any atom is 0.123 e. The van der Waals surface area contributed by atoms with Gasteiger partial charge in [0.25, 0.3) is 0 Å². The van der Waals surface area contributed by atoms with E-state index >= 15 is 0 Å². The van der Waals surface area contributed by atoms with Gasteiger partial charge in [-0.15, -0.1) is 0 Å². The van der Waals surface area contributed by atoms with Gasteiger partial charge in [-0.25, -0.2) is 0 Å². The maximum absolute atomic E-state index is 6.31. The molecule has 17 heavy (non-hydrogen) atoms. The average molecular weight is 231 g/mol. The molecule has 1 aliphatic carbocycles. The Kier molecular flexibility index (Phi) is 2.83. The molecule has 1 saturated carbocycles. The number of nitrogens with two attached hydrogens (primary N) is 1. The van der Waals surface area contributed by atoms with Crippen LogP contribution in [-0.2, 0) is 6.42 Å². The fraction of sp³-hybridized carbons (Fsp3) is 0.600. The summed E-state index contributed by atoms with van der Waals surface area (Å²) in [5.41, 5.74) is 7.26. The zero-order valence-corrected chi connectivity index (χ0v) is 10.3. The van der Waals surface area contributed by atoms with Gasteiger partial charge in [-0.3, -0.25) is 0 Å². The molecule has 2 heteroatoms. The van der Waals surface area contributed by atoms with Gasteiger partial charge in [-0.2, -0.15) is 0 Å². The van der Waals surface area contributed by atoms with Crippen LogP contribution in [-0.4, -0.2) is 12.1 Å². The molecule has 1 spiro atoms. The first kappa shape index (κ1) is 11.1. The minimum Gasteiger partial charge on any atom is -0.487 e. The Morgan fingerprint density at radius 1 is 1.18 bits per heavy atom. The first-order chi connectivity index (χ1) is 8.31. The molecule has 2 N–H and O–H groups in total. The smallest absolute Gasteiger partial charge is 0.123 e. The van der Waals surface area contributed by atoms with E-state index in [4.69, 9.17) is 10.5 Å². The van der Waals surface area contributed by atoms with E-state index in [1.165, 1.54) is 44.1 Å². The van der Waals surface area contributed by atoms with Gasteiger partial charge in [0.15, 0.2) is 0 Å². The molecule has 0 bridgehead atoms. The quantitative estimate of drug-likeness (QED) is 0.806. The van der Waals surface area contributed by atoms with Crippen LogP contribution >= 0.6 is 0 Å². The lowest BCUT2D eigenvalue weighted by Gasteiger charge is -2.43. The van der Waals surface area contributed by atoms with E-state index in [-0.39, 0.29) is 5.60 Å². The highest BCUT2D eigenvalue weighted by molar-refractivity contribution is 5.36. The lowest BCUT2D eigenvalue weighted by Crippen LogP contribution is -2.43. The summed E-state index contributed by atoms with van der Waals surface area (Å²) >= 11 is 0. The van der Waals surface area contributed by atoms with Gasteiger partial charge >= 0.3 is 0 Å². The largest absolute Gasteiger partial charge is 0.487 e. The van der Waals surface area contributed by atoms with Crippen molar-refractivity contribution in [3.8, 4) is 5.75 Å². The second-order valence-electron chi connectivity index (χ2n) is 5.57. The van der Waals surface area contributed by atoms with Crippen LogP contribution in [0.2, 0.25) is 0 Å². The Hall–Kier alpha value is -1.02. The Balaban J connectivity index is 1.75. The van der Waals surface area contributed by atoms with Gasteiger partial charge in [0.1, 0.15) is 11.4 Å². The summed E-state index contributed by atoms with van der Waals surface area (Å²) in [7, 11) is 0. The van der Waals surface area contributed by atoms with Gasteiger partial charge in [-0.05, 0) is 62.6 Å². The predicted octanol–water partition coefficient (Wildman–Crippen LogP) is 2.90. The van der Waals surface area contributed by atoms with Crippen molar-refractivity contribution in [2.75, 3.05) is 6.54 Å². The van der Waals surface area contributed by atoms with Gasteiger partial charge < -0.3 is 10.5 Å². The van der Waals surface area contributed by atoms with Crippen molar-refractivity contribution in [2.45, 2.75) is 44.1 Å². The number of fused-ring (bicyclic) bond motifs is 1. The summed E-state index contributed by atoms with van der Waals surface area (Å²) in [6.07, 6.45) is 7.19. The molecule has 0 aromatic heterocycles. The molecule has 0 amide bonds. The lowest BCUT2D eigenvalue weighted by atomic mass is 9.75. The van der Waals surface area contributed by atoms with Crippen LogP contribution in [0.5, 0.6) is 5.75 Å². The van der Waals surface area contributed by atoms with Crippen LogP contribution in [0.4, 0.5) is 0 Å². The van der Waals surface area contributed by atoms with Crippen LogP contribution < -0.4 is 10.5 Å². The van der Waals surface area contributed by atoms with E-state index in [0.29, 0.717) is 0 Å². The number of hydrogen-bond acceptors (Lipinski definition) is 2. The Bertz CT molecular complexity index is 394. The third-order valence-corrected chi connectivity index (χ3v) is 4.50. The molecule has 1 aliphatic heterocycles. The molecule has 1 heterocycles. The summed E-state index contributed by atoms with van der Waals surface area (Å²) in [5.74, 6) is 1.84. The number of benzene rings is 1. The minimum atomic E-state index is 0.125. The zero-order chi connectivity index (χ0) is 11.7. The fourth-order valence-electron chi connectivity index (χ4n) is 3.25. The number of ether oxygens (including phenoxy) is 1. The van der Waals surface area contributed by atoms with E-state index in [1.807, 2.05) is 0 Å². The average Bonchev–Trinajstić information content (AvgIpc) is 2.40. The van der Waals surface area contributed by atoms with Crippen molar-refractivity contribution < 1.29 is 4.74 Å². The molecule has 1 aromatic rings. The normalized spacial score (nSPS) is 31.9. The number of hydrogen-bond donors (Lipinski definition) is 1. The highest BCUT2D eigenvalue weighted by atomic mass is 16.5. The van der Waals surface area contributed by atoms with E-state index in [0.717, 1.165) is 18.2 Å². The highest BCUT2D eigenvalue weighted by Gasteiger charge is 2.39. The van der Waals surface area contributed by atoms with Crippen molar-refractivity contribution in [1.82, 2.24) is 0 Å². The van der Waals surface area contributed by atoms with Crippen molar-refractivity contribution in [2.24, 2.45) is 11.7 Å². The summed E-state index contributed by atoms with van der Waals surface area (Å²) in [6.45, 7) is 0.840. The third kappa shape index (κ3) is 2.06. The molecule has 0 atom stereocenters. The van der Waals surface area contributed by atoms with Gasteiger partial charge in [-0.1, -0.05) is 18.2 Å². The van der Waals surface area contributed by atoms with E-state index in [9.17, 15) is 0 Å². The number of para-hydroxylation sites is 1. The second kappa shape index (κ2) is 4.34. The monoisotopic (exact) mass is 231 g/mol. The van der Waals surface area contributed by atoms with Crippen molar-refractivity contribution >= 4 is 0 Å². The zero-order valence-electron chi connectivity index (χ0n) is 10.3. The summed E-state index contributed by atoms with van der Waals surface area (Å²) in [6, 6.07) is 8.48. The molecule has 1 fully saturated rings. The lowest BCUT2D eigenvalue weighted by molar-refractivity contribution is -0.00135. The summed E-state index contributed by atoms with van der Waals surface area (Å²) in [5, 5.41) is 0. The third-order valence-electron chi connectivity index (χ3n) is 4.50. The van der Waals surface area contributed by atoms with Crippen LogP contribution in [0.1, 0.15) is 37.7 Å².